The second kappa shape index (κ2) is 7.40. The van der Waals surface area contributed by atoms with Crippen LogP contribution in [0.5, 0.6) is 0 Å². The molecule has 1 aromatic heterocycles. The van der Waals surface area contributed by atoms with E-state index in [0.29, 0.717) is 11.3 Å². The number of β-lactam (4-membered cyclic amide) rings is 1. The van der Waals surface area contributed by atoms with Crippen LogP contribution < -0.4 is 40.0 Å². The zero-order chi connectivity index (χ0) is 15.9. The molecule has 3 rings (SSSR count). The predicted molar refractivity (Wildman–Crippen MR) is 81.0 cm³/mol. The SMILES string of the molecule is C=C1CS[C@H]2C(NC(=O)Cc3cccs3)C(=O)N2C1C(=O)[O-].[Na+]. The summed E-state index contributed by atoms with van der Waals surface area (Å²) in [6.45, 7) is 3.68. The van der Waals surface area contributed by atoms with Crippen molar-refractivity contribution in [2.45, 2.75) is 23.9 Å². The molecule has 2 unspecified atom stereocenters. The maximum Gasteiger partial charge on any atom is 1.00 e. The third-order valence-corrected chi connectivity index (χ3v) is 5.89. The first-order valence-corrected chi connectivity index (χ1v) is 8.56. The topological polar surface area (TPSA) is 89.5 Å². The van der Waals surface area contributed by atoms with E-state index in [-0.39, 0.29) is 47.3 Å². The molecule has 9 heteroatoms. The van der Waals surface area contributed by atoms with Crippen LogP contribution in [0, 0.1) is 0 Å². The zero-order valence-corrected chi connectivity index (χ0v) is 16.1. The monoisotopic (exact) mass is 360 g/mol. The summed E-state index contributed by atoms with van der Waals surface area (Å²) in [5.41, 5.74) is 0.443. The first-order chi connectivity index (χ1) is 10.5. The third kappa shape index (κ3) is 3.51. The Hall–Kier alpha value is -0.800. The molecule has 2 aliphatic rings. The van der Waals surface area contributed by atoms with Gasteiger partial charge in [0.25, 0.3) is 0 Å². The first-order valence-electron chi connectivity index (χ1n) is 6.63. The summed E-state index contributed by atoms with van der Waals surface area (Å²) < 4.78 is 0. The second-order valence-corrected chi connectivity index (χ2v) is 7.27. The fourth-order valence-corrected chi connectivity index (χ4v) is 4.62. The Morgan fingerprint density at radius 1 is 1.48 bits per heavy atom. The molecule has 0 radical (unpaired) electrons. The molecule has 2 saturated heterocycles. The van der Waals surface area contributed by atoms with E-state index in [1.807, 2.05) is 17.5 Å². The zero-order valence-electron chi connectivity index (χ0n) is 12.5. The molecular weight excluding hydrogens is 347 g/mol. The molecule has 0 bridgehead atoms. The van der Waals surface area contributed by atoms with E-state index in [0.717, 1.165) is 4.88 Å². The molecule has 1 aromatic rings. The van der Waals surface area contributed by atoms with Gasteiger partial charge in [-0.15, -0.1) is 23.1 Å². The second-order valence-electron chi connectivity index (χ2n) is 5.13. The Kier molecular flexibility index (Phi) is 5.96. The summed E-state index contributed by atoms with van der Waals surface area (Å²) in [6, 6.07) is 1.94. The molecule has 2 amide bonds. The van der Waals surface area contributed by atoms with E-state index >= 15 is 0 Å². The summed E-state index contributed by atoms with van der Waals surface area (Å²) in [5, 5.41) is 15.4. The normalized spacial score (nSPS) is 25.9. The number of carbonyl (C=O) groups is 3. The summed E-state index contributed by atoms with van der Waals surface area (Å²) in [6.07, 6.45) is 0.218. The van der Waals surface area contributed by atoms with Gasteiger partial charge in [0.05, 0.1) is 18.4 Å². The van der Waals surface area contributed by atoms with Crippen LogP contribution in [0.25, 0.3) is 0 Å². The number of fused-ring (bicyclic) bond motifs is 1. The number of aliphatic carboxylic acids is 1. The number of nitrogens with one attached hydrogen (secondary N) is 1. The molecule has 23 heavy (non-hydrogen) atoms. The minimum Gasteiger partial charge on any atom is -0.548 e. The number of carboxylic acids is 1. The molecular formula is C14H13N2NaO4S2. The van der Waals surface area contributed by atoms with Crippen molar-refractivity contribution in [2.24, 2.45) is 0 Å². The van der Waals surface area contributed by atoms with Crippen molar-refractivity contribution >= 4 is 40.9 Å². The van der Waals surface area contributed by atoms with Crippen molar-refractivity contribution in [3.8, 4) is 0 Å². The molecule has 1 N–H and O–H groups in total. The van der Waals surface area contributed by atoms with Gasteiger partial charge >= 0.3 is 29.6 Å². The number of carbonyl (C=O) groups excluding carboxylic acids is 3. The van der Waals surface area contributed by atoms with Gasteiger partial charge in [-0.05, 0) is 17.0 Å². The number of amides is 2. The number of thiophene rings is 1. The Morgan fingerprint density at radius 2 is 2.22 bits per heavy atom. The maximum absolute atomic E-state index is 12.2. The number of hydrogen-bond donors (Lipinski definition) is 1. The molecule has 2 aliphatic heterocycles. The van der Waals surface area contributed by atoms with Crippen LogP contribution in [-0.2, 0) is 20.8 Å². The summed E-state index contributed by atoms with van der Waals surface area (Å²) in [5.74, 6) is -1.53. The number of nitrogens with zero attached hydrogens (tertiary/aromatic N) is 1. The van der Waals surface area contributed by atoms with Crippen LogP contribution >= 0.6 is 23.1 Å². The molecule has 0 saturated carbocycles. The Bertz CT molecular complexity index is 649. The quantitative estimate of drug-likeness (QED) is 0.340. The summed E-state index contributed by atoms with van der Waals surface area (Å²) in [7, 11) is 0. The summed E-state index contributed by atoms with van der Waals surface area (Å²) in [4.78, 5) is 37.5. The molecule has 6 nitrogen and oxygen atoms in total. The van der Waals surface area contributed by atoms with Crippen LogP contribution in [0.2, 0.25) is 0 Å². The van der Waals surface area contributed by atoms with Crippen molar-refractivity contribution < 1.29 is 49.0 Å². The third-order valence-electron chi connectivity index (χ3n) is 3.64. The molecule has 3 heterocycles. The number of rotatable bonds is 4. The van der Waals surface area contributed by atoms with E-state index in [1.54, 1.807) is 0 Å². The van der Waals surface area contributed by atoms with Gasteiger partial charge in [-0.2, -0.15) is 0 Å². The Morgan fingerprint density at radius 3 is 2.83 bits per heavy atom. The summed E-state index contributed by atoms with van der Waals surface area (Å²) >= 11 is 2.88. The van der Waals surface area contributed by atoms with Crippen molar-refractivity contribution in [2.75, 3.05) is 5.75 Å². The minimum absolute atomic E-state index is 0. The van der Waals surface area contributed by atoms with Gasteiger partial charge in [-0.3, -0.25) is 9.59 Å². The van der Waals surface area contributed by atoms with Gasteiger partial charge in [0.15, 0.2) is 0 Å². The fraction of sp³-hybridized carbons (Fsp3) is 0.357. The average Bonchev–Trinajstić information content (AvgIpc) is 2.97. The number of hydrogen-bond acceptors (Lipinski definition) is 6. The van der Waals surface area contributed by atoms with Gasteiger partial charge in [0.1, 0.15) is 11.4 Å². The van der Waals surface area contributed by atoms with Gasteiger partial charge in [0, 0.05) is 10.6 Å². The van der Waals surface area contributed by atoms with Crippen LogP contribution in [-0.4, -0.2) is 45.9 Å². The van der Waals surface area contributed by atoms with E-state index in [9.17, 15) is 19.5 Å². The largest absolute Gasteiger partial charge is 1.00 e. The average molecular weight is 360 g/mol. The molecule has 3 atom stereocenters. The van der Waals surface area contributed by atoms with E-state index in [4.69, 9.17) is 0 Å². The molecule has 2 fully saturated rings. The fourth-order valence-electron chi connectivity index (χ4n) is 2.61. The van der Waals surface area contributed by atoms with Crippen LogP contribution in [0.3, 0.4) is 0 Å². The maximum atomic E-state index is 12.2. The van der Waals surface area contributed by atoms with Gasteiger partial charge in [-0.25, -0.2) is 0 Å². The van der Waals surface area contributed by atoms with Crippen molar-refractivity contribution in [1.82, 2.24) is 10.2 Å². The standard InChI is InChI=1S/C14H14N2O4S2.Na/c1-7-6-22-13-10(12(18)16(13)11(7)14(19)20)15-9(17)5-8-3-2-4-21-8;/h2-4,10-11,13H,1,5-6H2,(H,15,17)(H,19,20);/q;+1/p-1/t10?,11?,13-;/m0./s1. The van der Waals surface area contributed by atoms with Crippen LogP contribution in [0.15, 0.2) is 29.7 Å². The van der Waals surface area contributed by atoms with Crippen molar-refractivity contribution in [3.05, 3.63) is 34.5 Å². The van der Waals surface area contributed by atoms with E-state index in [1.165, 1.54) is 28.0 Å². The Labute approximate surface area is 163 Å². The van der Waals surface area contributed by atoms with Crippen LogP contribution in [0.4, 0.5) is 0 Å². The molecule has 0 spiro atoms. The van der Waals surface area contributed by atoms with E-state index < -0.39 is 24.0 Å². The minimum atomic E-state index is -1.33. The smallest absolute Gasteiger partial charge is 0.548 e. The van der Waals surface area contributed by atoms with E-state index in [2.05, 4.69) is 11.9 Å². The molecule has 0 aliphatic carbocycles. The van der Waals surface area contributed by atoms with Gasteiger partial charge in [-0.1, -0.05) is 12.6 Å². The van der Waals surface area contributed by atoms with Gasteiger partial charge < -0.3 is 20.1 Å². The Balaban J connectivity index is 0.00000192. The first kappa shape index (κ1) is 18.5. The van der Waals surface area contributed by atoms with Gasteiger partial charge in [0.2, 0.25) is 11.8 Å². The molecule has 116 valence electrons. The van der Waals surface area contributed by atoms with Crippen LogP contribution in [0.1, 0.15) is 4.88 Å². The predicted octanol–water partition coefficient (Wildman–Crippen LogP) is -3.63. The number of carboxylic acid groups (broad SMARTS) is 1. The van der Waals surface area contributed by atoms with Crippen molar-refractivity contribution in [3.63, 3.8) is 0 Å². The van der Waals surface area contributed by atoms with Crippen molar-refractivity contribution in [1.29, 1.82) is 0 Å². The molecule has 0 aromatic carbocycles. The number of thioether (sulfide) groups is 1.